The van der Waals surface area contributed by atoms with Crippen molar-refractivity contribution in [2.75, 3.05) is 6.61 Å². The summed E-state index contributed by atoms with van der Waals surface area (Å²) in [6.07, 6.45) is 5.52. The van der Waals surface area contributed by atoms with E-state index in [2.05, 4.69) is 5.92 Å². The average molecular weight is 295 g/mol. The number of benzene rings is 1. The number of aromatic nitrogens is 1. The van der Waals surface area contributed by atoms with Gasteiger partial charge in [0.25, 0.3) is 5.56 Å². The fourth-order valence-electron chi connectivity index (χ4n) is 2.29. The molecule has 2 aromatic rings. The number of aryl methyl sites for hydroxylation is 1. The van der Waals surface area contributed by atoms with Crippen molar-refractivity contribution >= 4 is 5.97 Å². The number of terminal acetylenes is 1. The summed E-state index contributed by atoms with van der Waals surface area (Å²) in [4.78, 5) is 24.2. The third kappa shape index (κ3) is 3.09. The van der Waals surface area contributed by atoms with Crippen molar-refractivity contribution in [2.45, 2.75) is 20.4 Å². The summed E-state index contributed by atoms with van der Waals surface area (Å²) in [7, 11) is 0. The first-order valence-corrected chi connectivity index (χ1v) is 7.00. The van der Waals surface area contributed by atoms with E-state index in [4.69, 9.17) is 11.2 Å². The molecule has 0 bridgehead atoms. The number of hydrogen-bond donors (Lipinski definition) is 0. The normalized spacial score (nSPS) is 10.0. The first-order valence-electron chi connectivity index (χ1n) is 7.00. The predicted molar refractivity (Wildman–Crippen MR) is 85.4 cm³/mol. The number of nitrogens with zero attached hydrogens (tertiary/aromatic N) is 1. The number of carbonyl (C=O) groups is 1. The van der Waals surface area contributed by atoms with Crippen molar-refractivity contribution in [1.29, 1.82) is 0 Å². The monoisotopic (exact) mass is 295 g/mol. The fourth-order valence-corrected chi connectivity index (χ4v) is 2.29. The van der Waals surface area contributed by atoms with E-state index in [9.17, 15) is 9.59 Å². The van der Waals surface area contributed by atoms with Gasteiger partial charge in [-0.15, -0.1) is 6.42 Å². The highest BCUT2D eigenvalue weighted by molar-refractivity contribution is 5.72. The van der Waals surface area contributed by atoms with E-state index in [1.807, 2.05) is 36.4 Å². The van der Waals surface area contributed by atoms with Gasteiger partial charge in [0.05, 0.1) is 12.2 Å². The van der Waals surface area contributed by atoms with Crippen molar-refractivity contribution in [3.05, 3.63) is 58.0 Å². The van der Waals surface area contributed by atoms with E-state index in [0.717, 1.165) is 5.56 Å². The topological polar surface area (TPSA) is 48.3 Å². The van der Waals surface area contributed by atoms with Crippen LogP contribution in [0, 0.1) is 19.3 Å². The lowest BCUT2D eigenvalue weighted by atomic mass is 10.0. The second-order valence-electron chi connectivity index (χ2n) is 4.78. The smallest absolute Gasteiger partial charge is 0.326 e. The van der Waals surface area contributed by atoms with Gasteiger partial charge in [-0.2, -0.15) is 0 Å². The Labute approximate surface area is 129 Å². The summed E-state index contributed by atoms with van der Waals surface area (Å²) in [5.74, 6) is 1.99. The fraction of sp³-hybridized carbons (Fsp3) is 0.222. The number of rotatable bonds is 4. The maximum absolute atomic E-state index is 12.6. The van der Waals surface area contributed by atoms with E-state index in [1.165, 1.54) is 4.57 Å². The third-order valence-corrected chi connectivity index (χ3v) is 3.33. The molecule has 2 rings (SSSR count). The van der Waals surface area contributed by atoms with Gasteiger partial charge in [0.1, 0.15) is 6.54 Å². The number of hydrogen-bond acceptors (Lipinski definition) is 3. The molecule has 0 saturated heterocycles. The van der Waals surface area contributed by atoms with Crippen LogP contribution in [0.4, 0.5) is 0 Å². The standard InChI is InChI=1S/C18H17NO3/c1-4-15-16(14-9-7-6-8-10-14)11-13(3)19(18(15)21)12-17(20)22-5-2/h1,6-11H,5,12H2,2-3H3. The van der Waals surface area contributed by atoms with Crippen LogP contribution >= 0.6 is 0 Å². The van der Waals surface area contributed by atoms with Gasteiger partial charge >= 0.3 is 5.97 Å². The molecule has 0 spiro atoms. The molecule has 1 heterocycles. The highest BCUT2D eigenvalue weighted by Gasteiger charge is 2.15. The number of carbonyl (C=O) groups excluding carboxylic acids is 1. The Bertz CT molecular complexity index is 782. The maximum atomic E-state index is 12.6. The second-order valence-corrected chi connectivity index (χ2v) is 4.78. The van der Waals surface area contributed by atoms with Gasteiger partial charge < -0.3 is 9.30 Å². The lowest BCUT2D eigenvalue weighted by Crippen LogP contribution is -2.29. The molecular weight excluding hydrogens is 278 g/mol. The molecule has 1 aromatic heterocycles. The second kappa shape index (κ2) is 6.77. The summed E-state index contributed by atoms with van der Waals surface area (Å²) >= 11 is 0. The first kappa shape index (κ1) is 15.6. The van der Waals surface area contributed by atoms with Crippen LogP contribution in [0.3, 0.4) is 0 Å². The highest BCUT2D eigenvalue weighted by atomic mass is 16.5. The number of ether oxygens (including phenoxy) is 1. The Morgan fingerprint density at radius 1 is 1.32 bits per heavy atom. The minimum Gasteiger partial charge on any atom is -0.465 e. The van der Waals surface area contributed by atoms with Crippen molar-refractivity contribution < 1.29 is 9.53 Å². The SMILES string of the molecule is C#Cc1c(-c2ccccc2)cc(C)n(CC(=O)OCC)c1=O. The molecule has 0 fully saturated rings. The molecule has 1 aromatic carbocycles. The summed E-state index contributed by atoms with van der Waals surface area (Å²) in [6.45, 7) is 3.63. The quantitative estimate of drug-likeness (QED) is 0.642. The highest BCUT2D eigenvalue weighted by Crippen LogP contribution is 2.22. The summed E-state index contributed by atoms with van der Waals surface area (Å²) in [5.41, 5.74) is 2.14. The van der Waals surface area contributed by atoms with E-state index >= 15 is 0 Å². The molecule has 0 radical (unpaired) electrons. The molecule has 4 nitrogen and oxygen atoms in total. The summed E-state index contributed by atoms with van der Waals surface area (Å²) in [5, 5.41) is 0. The van der Waals surface area contributed by atoms with Crippen LogP contribution < -0.4 is 5.56 Å². The molecule has 0 aliphatic heterocycles. The van der Waals surface area contributed by atoms with E-state index < -0.39 is 5.97 Å². The first-order chi connectivity index (χ1) is 10.6. The van der Waals surface area contributed by atoms with E-state index in [0.29, 0.717) is 11.3 Å². The molecule has 0 atom stereocenters. The van der Waals surface area contributed by atoms with Gasteiger partial charge in [0.15, 0.2) is 0 Å². The molecule has 22 heavy (non-hydrogen) atoms. The summed E-state index contributed by atoms with van der Waals surface area (Å²) < 4.78 is 6.24. The average Bonchev–Trinajstić information content (AvgIpc) is 2.52. The Morgan fingerprint density at radius 3 is 2.59 bits per heavy atom. The van der Waals surface area contributed by atoms with Gasteiger partial charge in [-0.25, -0.2) is 0 Å². The van der Waals surface area contributed by atoms with Crippen LogP contribution in [0.15, 0.2) is 41.2 Å². The predicted octanol–water partition coefficient (Wildman–Crippen LogP) is 2.37. The zero-order chi connectivity index (χ0) is 16.1. The Hall–Kier alpha value is -2.80. The molecule has 0 aliphatic rings. The van der Waals surface area contributed by atoms with Crippen LogP contribution in [0.1, 0.15) is 18.2 Å². The molecular formula is C18H17NO3. The van der Waals surface area contributed by atoms with Crippen LogP contribution in [-0.2, 0) is 16.1 Å². The van der Waals surface area contributed by atoms with Crippen LogP contribution in [0.2, 0.25) is 0 Å². The van der Waals surface area contributed by atoms with Gasteiger partial charge in [-0.05, 0) is 25.5 Å². The summed E-state index contributed by atoms with van der Waals surface area (Å²) in [6, 6.07) is 11.3. The molecule has 4 heteroatoms. The Kier molecular flexibility index (Phi) is 4.80. The Morgan fingerprint density at radius 2 is 2.00 bits per heavy atom. The van der Waals surface area contributed by atoms with E-state index in [1.54, 1.807) is 13.8 Å². The van der Waals surface area contributed by atoms with Crippen LogP contribution in [0.25, 0.3) is 11.1 Å². The minimum atomic E-state index is -0.455. The maximum Gasteiger partial charge on any atom is 0.326 e. The molecule has 0 aliphatic carbocycles. The molecule has 112 valence electrons. The van der Waals surface area contributed by atoms with Gasteiger partial charge in [-0.3, -0.25) is 9.59 Å². The van der Waals surface area contributed by atoms with Crippen molar-refractivity contribution in [3.8, 4) is 23.5 Å². The zero-order valence-corrected chi connectivity index (χ0v) is 12.6. The number of pyridine rings is 1. The molecule has 0 saturated carbocycles. The molecule has 0 N–H and O–H groups in total. The largest absolute Gasteiger partial charge is 0.465 e. The molecule has 0 unspecified atom stereocenters. The van der Waals surface area contributed by atoms with E-state index in [-0.39, 0.29) is 24.3 Å². The lowest BCUT2D eigenvalue weighted by Gasteiger charge is -2.13. The van der Waals surface area contributed by atoms with Crippen molar-refractivity contribution in [3.63, 3.8) is 0 Å². The minimum absolute atomic E-state index is 0.137. The van der Waals surface area contributed by atoms with Crippen LogP contribution in [0.5, 0.6) is 0 Å². The third-order valence-electron chi connectivity index (χ3n) is 3.33. The molecule has 0 amide bonds. The van der Waals surface area contributed by atoms with Gasteiger partial charge in [0, 0.05) is 11.3 Å². The zero-order valence-electron chi connectivity index (χ0n) is 12.6. The van der Waals surface area contributed by atoms with Crippen LogP contribution in [-0.4, -0.2) is 17.1 Å². The van der Waals surface area contributed by atoms with Crippen molar-refractivity contribution in [1.82, 2.24) is 4.57 Å². The van der Waals surface area contributed by atoms with Crippen molar-refractivity contribution in [2.24, 2.45) is 0 Å². The number of esters is 1. The lowest BCUT2D eigenvalue weighted by molar-refractivity contribution is -0.143. The van der Waals surface area contributed by atoms with Gasteiger partial charge in [-0.1, -0.05) is 36.3 Å². The van der Waals surface area contributed by atoms with Gasteiger partial charge in [0.2, 0.25) is 0 Å². The Balaban J connectivity index is 2.56.